The van der Waals surface area contributed by atoms with Gasteiger partial charge in [0.2, 0.25) is 12.7 Å². The zero-order valence-corrected chi connectivity index (χ0v) is 15.9. The van der Waals surface area contributed by atoms with E-state index in [1.165, 1.54) is 18.7 Å². The van der Waals surface area contributed by atoms with Gasteiger partial charge in [0.15, 0.2) is 34.0 Å². The van der Waals surface area contributed by atoms with E-state index >= 15 is 0 Å². The Balaban J connectivity index is 1.45. The van der Waals surface area contributed by atoms with Gasteiger partial charge in [-0.25, -0.2) is 0 Å². The molecule has 0 bridgehead atoms. The molecular formula is C18H16N4O5S. The zero-order valence-electron chi connectivity index (χ0n) is 15.1. The van der Waals surface area contributed by atoms with Crippen molar-refractivity contribution in [1.82, 2.24) is 14.8 Å². The normalized spacial score (nSPS) is 12.2. The molecule has 1 N–H and O–H groups in total. The van der Waals surface area contributed by atoms with E-state index in [0.717, 1.165) is 0 Å². The third kappa shape index (κ3) is 3.46. The van der Waals surface area contributed by atoms with Gasteiger partial charge in [-0.15, -0.1) is 10.2 Å². The van der Waals surface area contributed by atoms with Crippen LogP contribution in [-0.4, -0.2) is 39.0 Å². The van der Waals surface area contributed by atoms with Crippen LogP contribution >= 0.6 is 11.8 Å². The molecule has 1 amide bonds. The summed E-state index contributed by atoms with van der Waals surface area (Å²) >= 11 is 1.23. The van der Waals surface area contributed by atoms with E-state index in [1.807, 2.05) is 0 Å². The maximum atomic E-state index is 12.4. The highest BCUT2D eigenvalue weighted by Crippen LogP contribution is 2.37. The highest BCUT2D eigenvalue weighted by Gasteiger charge is 2.21. The third-order valence-corrected chi connectivity index (χ3v) is 5.10. The Bertz CT molecular complexity index is 1040. The molecule has 0 spiro atoms. The molecule has 0 aliphatic carbocycles. The number of benzene rings is 1. The van der Waals surface area contributed by atoms with E-state index in [1.54, 1.807) is 42.1 Å². The lowest BCUT2D eigenvalue weighted by atomic mass is 10.1. The van der Waals surface area contributed by atoms with Crippen molar-refractivity contribution in [2.45, 2.75) is 12.1 Å². The fourth-order valence-corrected chi connectivity index (χ4v) is 3.43. The number of aromatic nitrogens is 3. The number of carbonyl (C=O) groups is 2. The Labute approximate surface area is 164 Å². The Morgan fingerprint density at radius 2 is 2.04 bits per heavy atom. The number of furan rings is 1. The van der Waals surface area contributed by atoms with Crippen LogP contribution in [0.25, 0.3) is 11.6 Å². The Morgan fingerprint density at radius 1 is 1.25 bits per heavy atom. The monoisotopic (exact) mass is 400 g/mol. The number of fused-ring (bicyclic) bond motifs is 1. The number of ketones is 1. The molecule has 1 aliphatic heterocycles. The van der Waals surface area contributed by atoms with Gasteiger partial charge in [-0.3, -0.25) is 9.59 Å². The van der Waals surface area contributed by atoms with Crippen LogP contribution in [0.2, 0.25) is 0 Å². The first-order valence-corrected chi connectivity index (χ1v) is 9.32. The molecule has 28 heavy (non-hydrogen) atoms. The Hall–Kier alpha value is -3.27. The van der Waals surface area contributed by atoms with Gasteiger partial charge in [-0.05, 0) is 25.1 Å². The first-order chi connectivity index (χ1) is 13.5. The number of rotatable bonds is 6. The minimum atomic E-state index is -0.283. The van der Waals surface area contributed by atoms with Gasteiger partial charge in [0.25, 0.3) is 0 Å². The quantitative estimate of drug-likeness (QED) is 0.497. The number of nitrogens with zero attached hydrogens (tertiary/aromatic N) is 3. The first kappa shape index (κ1) is 18.1. The fourth-order valence-electron chi connectivity index (χ4n) is 2.71. The molecule has 1 aromatic carbocycles. The third-order valence-electron chi connectivity index (χ3n) is 4.07. The van der Waals surface area contributed by atoms with E-state index in [-0.39, 0.29) is 24.2 Å². The Kier molecular flexibility index (Phi) is 4.78. The summed E-state index contributed by atoms with van der Waals surface area (Å²) in [5.74, 6) is 1.77. The van der Waals surface area contributed by atoms with Crippen LogP contribution in [0.1, 0.15) is 17.3 Å². The van der Waals surface area contributed by atoms with E-state index in [9.17, 15) is 9.59 Å². The van der Waals surface area contributed by atoms with E-state index < -0.39 is 0 Å². The fraction of sp³-hybridized carbons (Fsp3) is 0.222. The van der Waals surface area contributed by atoms with Crippen LogP contribution in [0.5, 0.6) is 11.5 Å². The SMILES string of the molecule is CC(=O)c1cc2c(cc1NC(=O)CSc1nnc(-c3ccco3)n1C)OCO2. The molecule has 144 valence electrons. The zero-order chi connectivity index (χ0) is 19.7. The van der Waals surface area contributed by atoms with Crippen molar-refractivity contribution >= 4 is 29.1 Å². The number of ether oxygens (including phenoxy) is 2. The lowest BCUT2D eigenvalue weighted by molar-refractivity contribution is -0.113. The molecule has 0 fully saturated rings. The van der Waals surface area contributed by atoms with Crippen LogP contribution in [0.4, 0.5) is 5.69 Å². The average Bonchev–Trinajstić information content (AvgIpc) is 3.40. The molecule has 0 saturated heterocycles. The van der Waals surface area contributed by atoms with Crippen LogP contribution < -0.4 is 14.8 Å². The molecule has 9 nitrogen and oxygen atoms in total. The number of anilines is 1. The molecule has 2 aromatic heterocycles. The van der Waals surface area contributed by atoms with Crippen molar-refractivity contribution in [3.63, 3.8) is 0 Å². The topological polar surface area (TPSA) is 108 Å². The maximum absolute atomic E-state index is 12.4. The predicted molar refractivity (Wildman–Crippen MR) is 101 cm³/mol. The van der Waals surface area contributed by atoms with Gasteiger partial charge >= 0.3 is 0 Å². The lowest BCUT2D eigenvalue weighted by Gasteiger charge is -2.10. The van der Waals surface area contributed by atoms with Crippen molar-refractivity contribution in [3.8, 4) is 23.1 Å². The van der Waals surface area contributed by atoms with Crippen molar-refractivity contribution in [2.75, 3.05) is 17.9 Å². The number of hydrogen-bond donors (Lipinski definition) is 1. The summed E-state index contributed by atoms with van der Waals surface area (Å²) in [4.78, 5) is 24.3. The lowest BCUT2D eigenvalue weighted by Crippen LogP contribution is -2.16. The van der Waals surface area contributed by atoms with Gasteiger partial charge in [0, 0.05) is 18.7 Å². The molecule has 3 aromatic rings. The van der Waals surface area contributed by atoms with E-state index in [4.69, 9.17) is 13.9 Å². The van der Waals surface area contributed by atoms with Gasteiger partial charge in [-0.1, -0.05) is 11.8 Å². The van der Waals surface area contributed by atoms with E-state index in [2.05, 4.69) is 15.5 Å². The molecular weight excluding hydrogens is 384 g/mol. The van der Waals surface area contributed by atoms with Crippen molar-refractivity contribution < 1.29 is 23.5 Å². The van der Waals surface area contributed by atoms with Crippen LogP contribution in [0.3, 0.4) is 0 Å². The standard InChI is InChI=1S/C18H16N4O5S/c1-10(23)11-6-14-15(27-9-26-14)7-12(11)19-16(24)8-28-18-21-20-17(22(18)2)13-4-3-5-25-13/h3-7H,8-9H2,1-2H3,(H,19,24). The summed E-state index contributed by atoms with van der Waals surface area (Å²) in [6, 6.07) is 6.72. The van der Waals surface area contributed by atoms with Crippen molar-refractivity contribution in [3.05, 3.63) is 36.1 Å². The predicted octanol–water partition coefficient (Wildman–Crippen LogP) is 2.74. The second-order valence-electron chi connectivity index (χ2n) is 5.99. The molecule has 1 aliphatic rings. The number of nitrogens with one attached hydrogen (secondary N) is 1. The number of Topliss-reactive ketones (excluding diaryl/α,β-unsaturated/α-hetero) is 1. The summed E-state index contributed by atoms with van der Waals surface area (Å²) in [5.41, 5.74) is 0.748. The number of carbonyl (C=O) groups excluding carboxylic acids is 2. The second-order valence-corrected chi connectivity index (χ2v) is 6.93. The number of amides is 1. The van der Waals surface area contributed by atoms with Crippen LogP contribution in [0, 0.1) is 0 Å². The number of thioether (sulfide) groups is 1. The molecule has 0 atom stereocenters. The molecule has 0 saturated carbocycles. The molecule has 3 heterocycles. The van der Waals surface area contributed by atoms with Crippen molar-refractivity contribution in [1.29, 1.82) is 0 Å². The summed E-state index contributed by atoms with van der Waals surface area (Å²) in [7, 11) is 1.80. The molecule has 0 radical (unpaired) electrons. The van der Waals surface area contributed by atoms with Gasteiger partial charge < -0.3 is 23.8 Å². The average molecular weight is 400 g/mol. The summed E-state index contributed by atoms with van der Waals surface area (Å²) in [5, 5.41) is 11.5. The minimum absolute atomic E-state index is 0.0874. The highest BCUT2D eigenvalue weighted by atomic mass is 32.2. The summed E-state index contributed by atoms with van der Waals surface area (Å²) in [6.45, 7) is 1.52. The number of hydrogen-bond acceptors (Lipinski definition) is 8. The molecule has 4 rings (SSSR count). The second kappa shape index (κ2) is 7.39. The van der Waals surface area contributed by atoms with Crippen molar-refractivity contribution in [2.24, 2.45) is 7.05 Å². The molecule has 0 unspecified atom stereocenters. The summed E-state index contributed by atoms with van der Waals surface area (Å²) in [6.07, 6.45) is 1.56. The van der Waals surface area contributed by atoms with Gasteiger partial charge in [0.1, 0.15) is 0 Å². The smallest absolute Gasteiger partial charge is 0.234 e. The van der Waals surface area contributed by atoms with Crippen LogP contribution in [-0.2, 0) is 11.8 Å². The van der Waals surface area contributed by atoms with E-state index in [0.29, 0.717) is 39.5 Å². The largest absolute Gasteiger partial charge is 0.461 e. The van der Waals surface area contributed by atoms with Crippen LogP contribution in [0.15, 0.2) is 40.1 Å². The maximum Gasteiger partial charge on any atom is 0.234 e. The Morgan fingerprint density at radius 3 is 2.75 bits per heavy atom. The first-order valence-electron chi connectivity index (χ1n) is 8.33. The van der Waals surface area contributed by atoms with Gasteiger partial charge in [0.05, 0.1) is 17.7 Å². The highest BCUT2D eigenvalue weighted by molar-refractivity contribution is 7.99. The van der Waals surface area contributed by atoms with Gasteiger partial charge in [-0.2, -0.15) is 0 Å². The molecule has 10 heteroatoms. The minimum Gasteiger partial charge on any atom is -0.461 e. The summed E-state index contributed by atoms with van der Waals surface area (Å²) < 4.78 is 17.7.